The van der Waals surface area contributed by atoms with Crippen LogP contribution in [0.4, 0.5) is 4.39 Å². The molecule has 0 fully saturated rings. The fourth-order valence-corrected chi connectivity index (χ4v) is 3.07. The van der Waals surface area contributed by atoms with Crippen LogP contribution in [0.1, 0.15) is 28.3 Å². The molecule has 3 aromatic rings. The number of carboxylic acids is 1. The predicted octanol–water partition coefficient (Wildman–Crippen LogP) is 5.06. The second-order valence-corrected chi connectivity index (χ2v) is 6.45. The lowest BCUT2D eigenvalue weighted by molar-refractivity contribution is -0.138. The van der Waals surface area contributed by atoms with Crippen molar-refractivity contribution >= 4 is 45.9 Å². The standard InChI is InChI=1S/C18H12Cl2FNO3/c19-9-2-4-16-12(5-9)14(8-22-16)13(18(24)25)7-17(23)11-3-1-10(20)6-15(11)21/h1-6,8,13,22H,7H2,(H,24,25). The highest BCUT2D eigenvalue weighted by Gasteiger charge is 2.27. The number of hydrogen-bond donors (Lipinski definition) is 2. The van der Waals surface area contributed by atoms with Crippen molar-refractivity contribution in [3.05, 3.63) is 69.6 Å². The fraction of sp³-hybridized carbons (Fsp3) is 0.111. The molecule has 1 unspecified atom stereocenters. The summed E-state index contributed by atoms with van der Waals surface area (Å²) in [6, 6.07) is 8.70. The molecule has 2 aromatic carbocycles. The van der Waals surface area contributed by atoms with Crippen LogP contribution in [0.5, 0.6) is 0 Å². The van der Waals surface area contributed by atoms with Gasteiger partial charge >= 0.3 is 5.97 Å². The van der Waals surface area contributed by atoms with E-state index in [9.17, 15) is 19.1 Å². The number of rotatable bonds is 5. The minimum Gasteiger partial charge on any atom is -0.481 e. The molecule has 0 aliphatic heterocycles. The summed E-state index contributed by atoms with van der Waals surface area (Å²) in [6.45, 7) is 0. The molecular formula is C18H12Cl2FNO3. The second-order valence-electron chi connectivity index (χ2n) is 5.58. The minimum absolute atomic E-state index is 0.162. The Balaban J connectivity index is 1.97. The van der Waals surface area contributed by atoms with Crippen LogP contribution in [-0.4, -0.2) is 21.8 Å². The lowest BCUT2D eigenvalue weighted by Crippen LogP contribution is -2.17. The average Bonchev–Trinajstić information content (AvgIpc) is 2.94. The fourth-order valence-electron chi connectivity index (χ4n) is 2.74. The third-order valence-electron chi connectivity index (χ3n) is 3.97. The summed E-state index contributed by atoms with van der Waals surface area (Å²) in [5, 5.41) is 10.8. The van der Waals surface area contributed by atoms with E-state index < -0.39 is 23.5 Å². The smallest absolute Gasteiger partial charge is 0.311 e. The number of carbonyl (C=O) groups excluding carboxylic acids is 1. The van der Waals surface area contributed by atoms with Gasteiger partial charge in [0.25, 0.3) is 0 Å². The molecule has 0 amide bonds. The summed E-state index contributed by atoms with van der Waals surface area (Å²) in [6.07, 6.45) is 1.15. The van der Waals surface area contributed by atoms with Crippen LogP contribution in [0.15, 0.2) is 42.6 Å². The maximum absolute atomic E-state index is 13.9. The molecule has 0 saturated heterocycles. The predicted molar refractivity (Wildman–Crippen MR) is 94.0 cm³/mol. The highest BCUT2D eigenvalue weighted by molar-refractivity contribution is 6.31. The van der Waals surface area contributed by atoms with Crippen molar-refractivity contribution in [2.24, 2.45) is 0 Å². The van der Waals surface area contributed by atoms with E-state index in [-0.39, 0.29) is 17.0 Å². The Kier molecular flexibility index (Phi) is 4.79. The van der Waals surface area contributed by atoms with Crippen molar-refractivity contribution in [3.8, 4) is 0 Å². The Morgan fingerprint density at radius 2 is 1.80 bits per heavy atom. The number of nitrogens with one attached hydrogen (secondary N) is 1. The molecule has 0 bridgehead atoms. The van der Waals surface area contributed by atoms with Gasteiger partial charge in [-0.3, -0.25) is 9.59 Å². The number of aromatic nitrogens is 1. The minimum atomic E-state index is -1.18. The number of Topliss-reactive ketones (excluding diaryl/α,β-unsaturated/α-hetero) is 1. The highest BCUT2D eigenvalue weighted by atomic mass is 35.5. The molecule has 0 spiro atoms. The molecule has 4 nitrogen and oxygen atoms in total. The largest absolute Gasteiger partial charge is 0.481 e. The van der Waals surface area contributed by atoms with Crippen LogP contribution in [-0.2, 0) is 4.79 Å². The first-order valence-electron chi connectivity index (χ1n) is 7.34. The highest BCUT2D eigenvalue weighted by Crippen LogP contribution is 2.31. The Morgan fingerprint density at radius 1 is 1.12 bits per heavy atom. The summed E-state index contributed by atoms with van der Waals surface area (Å²) < 4.78 is 13.9. The second kappa shape index (κ2) is 6.86. The Morgan fingerprint density at radius 3 is 2.48 bits per heavy atom. The molecule has 1 heterocycles. The number of aliphatic carboxylic acids is 1. The number of halogens is 3. The van der Waals surface area contributed by atoms with Gasteiger partial charge in [0.1, 0.15) is 5.82 Å². The molecule has 0 radical (unpaired) electrons. The van der Waals surface area contributed by atoms with E-state index in [1.54, 1.807) is 18.2 Å². The summed E-state index contributed by atoms with van der Waals surface area (Å²) >= 11 is 11.7. The molecule has 3 rings (SSSR count). The van der Waals surface area contributed by atoms with Gasteiger partial charge < -0.3 is 10.1 Å². The van der Waals surface area contributed by atoms with Crippen molar-refractivity contribution in [3.63, 3.8) is 0 Å². The van der Waals surface area contributed by atoms with Gasteiger partial charge in [-0.15, -0.1) is 0 Å². The average molecular weight is 380 g/mol. The first kappa shape index (κ1) is 17.5. The van der Waals surface area contributed by atoms with Gasteiger partial charge in [-0.25, -0.2) is 4.39 Å². The third-order valence-corrected chi connectivity index (χ3v) is 4.44. The van der Waals surface area contributed by atoms with Crippen molar-refractivity contribution in [2.75, 3.05) is 0 Å². The van der Waals surface area contributed by atoms with E-state index in [0.717, 1.165) is 6.07 Å². The number of aromatic amines is 1. The number of carbonyl (C=O) groups is 2. The lowest BCUT2D eigenvalue weighted by atomic mass is 9.91. The van der Waals surface area contributed by atoms with Gasteiger partial charge in [-0.2, -0.15) is 0 Å². The molecule has 25 heavy (non-hydrogen) atoms. The van der Waals surface area contributed by atoms with Gasteiger partial charge in [0, 0.05) is 33.6 Å². The number of ketones is 1. The van der Waals surface area contributed by atoms with Gasteiger partial charge in [0.15, 0.2) is 5.78 Å². The Bertz CT molecular complexity index is 984. The van der Waals surface area contributed by atoms with Crippen molar-refractivity contribution in [1.29, 1.82) is 0 Å². The number of carboxylic acid groups (broad SMARTS) is 1. The van der Waals surface area contributed by atoms with Crippen LogP contribution >= 0.6 is 23.2 Å². The molecule has 1 atom stereocenters. The van der Waals surface area contributed by atoms with Crippen LogP contribution in [0.25, 0.3) is 10.9 Å². The zero-order chi connectivity index (χ0) is 18.1. The Labute approximate surface area is 152 Å². The van der Waals surface area contributed by atoms with Crippen molar-refractivity contribution in [1.82, 2.24) is 4.98 Å². The first-order valence-corrected chi connectivity index (χ1v) is 8.10. The Hall–Kier alpha value is -2.37. The SMILES string of the molecule is O=C(CC(C(=O)O)c1c[nH]c2ccc(Cl)cc12)c1ccc(Cl)cc1F. The molecule has 0 aliphatic carbocycles. The zero-order valence-corrected chi connectivity index (χ0v) is 14.2. The molecule has 0 saturated carbocycles. The summed E-state index contributed by atoms with van der Waals surface area (Å²) in [4.78, 5) is 27.1. The molecule has 2 N–H and O–H groups in total. The van der Waals surface area contributed by atoms with Gasteiger partial charge in [0.2, 0.25) is 0 Å². The van der Waals surface area contributed by atoms with Crippen molar-refractivity contribution in [2.45, 2.75) is 12.3 Å². The van der Waals surface area contributed by atoms with E-state index in [2.05, 4.69) is 4.98 Å². The van der Waals surface area contributed by atoms with Gasteiger partial charge in [0.05, 0.1) is 11.5 Å². The number of hydrogen-bond acceptors (Lipinski definition) is 2. The maximum Gasteiger partial charge on any atom is 0.311 e. The van der Waals surface area contributed by atoms with Gasteiger partial charge in [-0.05, 0) is 42.0 Å². The normalized spacial score (nSPS) is 12.3. The zero-order valence-electron chi connectivity index (χ0n) is 12.7. The van der Waals surface area contributed by atoms with E-state index in [1.165, 1.54) is 18.3 Å². The summed E-state index contributed by atoms with van der Waals surface area (Å²) in [7, 11) is 0. The third kappa shape index (κ3) is 3.52. The lowest BCUT2D eigenvalue weighted by Gasteiger charge is -2.12. The van der Waals surface area contributed by atoms with E-state index in [0.29, 0.717) is 21.5 Å². The van der Waals surface area contributed by atoms with E-state index >= 15 is 0 Å². The first-order chi connectivity index (χ1) is 11.9. The van der Waals surface area contributed by atoms with Crippen LogP contribution in [0.3, 0.4) is 0 Å². The molecule has 128 valence electrons. The molecule has 1 aromatic heterocycles. The summed E-state index contributed by atoms with van der Waals surface area (Å²) in [5.74, 6) is -3.69. The number of fused-ring (bicyclic) bond motifs is 1. The molecular weight excluding hydrogens is 368 g/mol. The number of benzene rings is 2. The molecule has 7 heteroatoms. The van der Waals surface area contributed by atoms with Crippen LogP contribution in [0, 0.1) is 5.82 Å². The van der Waals surface area contributed by atoms with Crippen LogP contribution in [0.2, 0.25) is 10.0 Å². The quantitative estimate of drug-likeness (QED) is 0.609. The van der Waals surface area contributed by atoms with E-state index in [1.807, 2.05) is 0 Å². The summed E-state index contributed by atoms with van der Waals surface area (Å²) in [5.41, 5.74) is 0.942. The number of H-pyrrole nitrogens is 1. The van der Waals surface area contributed by atoms with Crippen molar-refractivity contribution < 1.29 is 19.1 Å². The molecule has 0 aliphatic rings. The monoisotopic (exact) mass is 379 g/mol. The maximum atomic E-state index is 13.9. The van der Waals surface area contributed by atoms with E-state index in [4.69, 9.17) is 23.2 Å². The van der Waals surface area contributed by atoms with Crippen LogP contribution < -0.4 is 0 Å². The van der Waals surface area contributed by atoms with Gasteiger partial charge in [-0.1, -0.05) is 23.2 Å². The topological polar surface area (TPSA) is 70.2 Å².